The average Bonchev–Trinajstić information content (AvgIpc) is 3.16. The normalized spacial score (nSPS) is 13.3. The van der Waals surface area contributed by atoms with Crippen molar-refractivity contribution in [1.82, 2.24) is 0 Å². The average molecular weight is 788 g/mol. The Kier molecular flexibility index (Phi) is 40.4. The van der Waals surface area contributed by atoms with Crippen molar-refractivity contribution >= 4 is 19.8 Å². The molecule has 0 amide bonds. The van der Waals surface area contributed by atoms with Crippen molar-refractivity contribution in [3.8, 4) is 0 Å². The maximum absolute atomic E-state index is 12.6. The van der Waals surface area contributed by atoms with Gasteiger partial charge in [0.1, 0.15) is 6.61 Å². The predicted molar refractivity (Wildman–Crippen MR) is 224 cm³/mol. The molecule has 2 atom stereocenters. The first-order valence-corrected chi connectivity index (χ1v) is 24.2. The number of rotatable bonds is 43. The minimum Gasteiger partial charge on any atom is -0.462 e. The van der Waals surface area contributed by atoms with Crippen LogP contribution in [0.2, 0.25) is 0 Å². The fourth-order valence-electron chi connectivity index (χ4n) is 6.51. The van der Waals surface area contributed by atoms with Gasteiger partial charge in [-0.25, -0.2) is 4.57 Å². The number of hydrogen-bond acceptors (Lipinski definition) is 8. The molecule has 0 aliphatic heterocycles. The van der Waals surface area contributed by atoms with E-state index in [1.165, 1.54) is 161 Å². The highest BCUT2D eigenvalue weighted by Crippen LogP contribution is 2.43. The Hall–Kier alpha value is -1.25. The molecule has 0 aliphatic carbocycles. The molecule has 54 heavy (non-hydrogen) atoms. The minimum absolute atomic E-state index is 0.0562. The van der Waals surface area contributed by atoms with Gasteiger partial charge in [0.2, 0.25) is 0 Å². The maximum Gasteiger partial charge on any atom is 0.472 e. The van der Waals surface area contributed by atoms with Gasteiger partial charge in [0, 0.05) is 19.4 Å². The number of carbonyl (C=O) groups excluding carboxylic acids is 2. The fourth-order valence-corrected chi connectivity index (χ4v) is 7.28. The molecule has 0 aromatic rings. The standard InChI is InChI=1S/C44H86NO8P/c1-3-5-7-9-11-13-15-17-19-21-23-24-26-28-30-32-34-36-43(46)50-40-42(41-52-54(48,49)51-39-38-45)53-44(47)37-35-33-31-29-27-25-22-20-18-16-14-12-10-8-6-4-2/h13,15,42H,3-12,14,16-41,45H2,1-2H3,(H,48,49)/b15-13+/t42-/m1/s1. The van der Waals surface area contributed by atoms with Crippen LogP contribution in [0.1, 0.15) is 226 Å². The van der Waals surface area contributed by atoms with E-state index < -0.39 is 26.5 Å². The Labute approximate surface area is 332 Å². The van der Waals surface area contributed by atoms with E-state index in [0.29, 0.717) is 6.42 Å². The molecule has 9 nitrogen and oxygen atoms in total. The summed E-state index contributed by atoms with van der Waals surface area (Å²) in [5.41, 5.74) is 5.35. The van der Waals surface area contributed by atoms with Gasteiger partial charge in [-0.3, -0.25) is 18.6 Å². The summed E-state index contributed by atoms with van der Waals surface area (Å²) in [6.45, 7) is 3.75. The highest BCUT2D eigenvalue weighted by Gasteiger charge is 2.26. The van der Waals surface area contributed by atoms with Gasteiger partial charge in [0.15, 0.2) is 6.10 Å². The second kappa shape index (κ2) is 41.4. The van der Waals surface area contributed by atoms with Crippen LogP contribution in [0, 0.1) is 0 Å². The highest BCUT2D eigenvalue weighted by molar-refractivity contribution is 7.47. The molecular formula is C44H86NO8P. The molecule has 0 saturated heterocycles. The smallest absolute Gasteiger partial charge is 0.462 e. The number of phosphoric ester groups is 1. The van der Waals surface area contributed by atoms with Gasteiger partial charge in [-0.2, -0.15) is 0 Å². The van der Waals surface area contributed by atoms with E-state index in [-0.39, 0.29) is 38.6 Å². The van der Waals surface area contributed by atoms with Gasteiger partial charge in [-0.05, 0) is 38.5 Å². The molecular weight excluding hydrogens is 701 g/mol. The van der Waals surface area contributed by atoms with Crippen LogP contribution >= 0.6 is 7.82 Å². The van der Waals surface area contributed by atoms with E-state index in [1.54, 1.807) is 0 Å². The summed E-state index contributed by atoms with van der Waals surface area (Å²) in [5.74, 6) is -0.818. The lowest BCUT2D eigenvalue weighted by Gasteiger charge is -2.19. The van der Waals surface area contributed by atoms with Crippen LogP contribution in [0.4, 0.5) is 0 Å². The summed E-state index contributed by atoms with van der Waals surface area (Å²) in [6.07, 6.45) is 42.3. The summed E-state index contributed by atoms with van der Waals surface area (Å²) >= 11 is 0. The van der Waals surface area contributed by atoms with Crippen LogP contribution < -0.4 is 5.73 Å². The number of esters is 2. The molecule has 0 bridgehead atoms. The molecule has 0 spiro atoms. The molecule has 320 valence electrons. The Morgan fingerprint density at radius 1 is 0.537 bits per heavy atom. The van der Waals surface area contributed by atoms with Crippen LogP contribution in [0.5, 0.6) is 0 Å². The molecule has 0 rings (SSSR count). The zero-order chi connectivity index (χ0) is 39.6. The van der Waals surface area contributed by atoms with Crippen LogP contribution in [-0.4, -0.2) is 49.3 Å². The number of allylic oxidation sites excluding steroid dienone is 2. The molecule has 0 heterocycles. The number of phosphoric acid groups is 1. The molecule has 0 radical (unpaired) electrons. The van der Waals surface area contributed by atoms with Crippen LogP contribution in [0.3, 0.4) is 0 Å². The van der Waals surface area contributed by atoms with Crippen molar-refractivity contribution in [2.75, 3.05) is 26.4 Å². The third-order valence-electron chi connectivity index (χ3n) is 9.90. The maximum atomic E-state index is 12.6. The molecule has 0 fully saturated rings. The molecule has 0 aromatic heterocycles. The monoisotopic (exact) mass is 788 g/mol. The largest absolute Gasteiger partial charge is 0.472 e. The Morgan fingerprint density at radius 2 is 0.907 bits per heavy atom. The van der Waals surface area contributed by atoms with E-state index in [9.17, 15) is 19.0 Å². The van der Waals surface area contributed by atoms with Gasteiger partial charge in [0.25, 0.3) is 0 Å². The predicted octanol–water partition coefficient (Wildman–Crippen LogP) is 13.0. The van der Waals surface area contributed by atoms with Crippen LogP contribution in [-0.2, 0) is 32.7 Å². The Balaban J connectivity index is 4.09. The Bertz CT molecular complexity index is 902. The molecule has 1 unspecified atom stereocenters. The van der Waals surface area contributed by atoms with E-state index >= 15 is 0 Å². The van der Waals surface area contributed by atoms with Gasteiger partial charge in [-0.1, -0.05) is 187 Å². The first-order chi connectivity index (χ1) is 26.3. The van der Waals surface area contributed by atoms with E-state index in [4.69, 9.17) is 24.3 Å². The van der Waals surface area contributed by atoms with Crippen molar-refractivity contribution in [2.24, 2.45) is 5.73 Å². The third kappa shape index (κ3) is 40.4. The lowest BCUT2D eigenvalue weighted by molar-refractivity contribution is -0.161. The summed E-state index contributed by atoms with van der Waals surface area (Å²) in [6, 6.07) is 0. The number of unbranched alkanes of at least 4 members (excludes halogenated alkanes) is 28. The fraction of sp³-hybridized carbons (Fsp3) is 0.909. The zero-order valence-corrected chi connectivity index (χ0v) is 36.1. The summed E-state index contributed by atoms with van der Waals surface area (Å²) in [4.78, 5) is 34.9. The zero-order valence-electron chi connectivity index (χ0n) is 35.2. The highest BCUT2D eigenvalue weighted by atomic mass is 31.2. The first-order valence-electron chi connectivity index (χ1n) is 22.7. The van der Waals surface area contributed by atoms with Crippen molar-refractivity contribution in [2.45, 2.75) is 232 Å². The third-order valence-corrected chi connectivity index (χ3v) is 10.9. The van der Waals surface area contributed by atoms with Gasteiger partial charge in [-0.15, -0.1) is 0 Å². The topological polar surface area (TPSA) is 134 Å². The van der Waals surface area contributed by atoms with Crippen molar-refractivity contribution < 1.29 is 37.6 Å². The first kappa shape index (κ1) is 52.8. The number of nitrogens with two attached hydrogens (primary N) is 1. The number of hydrogen-bond donors (Lipinski definition) is 2. The second-order valence-electron chi connectivity index (χ2n) is 15.3. The van der Waals surface area contributed by atoms with Crippen molar-refractivity contribution in [3.63, 3.8) is 0 Å². The van der Waals surface area contributed by atoms with Crippen molar-refractivity contribution in [3.05, 3.63) is 12.2 Å². The van der Waals surface area contributed by atoms with E-state index in [2.05, 4.69) is 26.0 Å². The lowest BCUT2D eigenvalue weighted by Crippen LogP contribution is -2.29. The quantitative estimate of drug-likeness (QED) is 0.0268. The van der Waals surface area contributed by atoms with E-state index in [1.807, 2.05) is 0 Å². The molecule has 3 N–H and O–H groups in total. The lowest BCUT2D eigenvalue weighted by atomic mass is 10.0. The van der Waals surface area contributed by atoms with E-state index in [0.717, 1.165) is 32.1 Å². The van der Waals surface area contributed by atoms with Gasteiger partial charge >= 0.3 is 19.8 Å². The minimum atomic E-state index is -4.37. The summed E-state index contributed by atoms with van der Waals surface area (Å²) < 4.78 is 32.8. The second-order valence-corrected chi connectivity index (χ2v) is 16.7. The molecule has 10 heteroatoms. The summed E-state index contributed by atoms with van der Waals surface area (Å²) in [7, 11) is -4.37. The van der Waals surface area contributed by atoms with Gasteiger partial charge in [0.05, 0.1) is 13.2 Å². The molecule has 0 aromatic carbocycles. The van der Waals surface area contributed by atoms with Gasteiger partial charge < -0.3 is 20.1 Å². The summed E-state index contributed by atoms with van der Waals surface area (Å²) in [5, 5.41) is 0. The molecule has 0 saturated carbocycles. The number of carbonyl (C=O) groups is 2. The number of ether oxygens (including phenoxy) is 2. The van der Waals surface area contributed by atoms with Crippen LogP contribution in [0.25, 0.3) is 0 Å². The van der Waals surface area contributed by atoms with Crippen molar-refractivity contribution in [1.29, 1.82) is 0 Å². The SMILES string of the molecule is CCCCCC/C=C/CCCCCCCCCCCC(=O)OC[C@H](COP(=O)(O)OCCN)OC(=O)CCCCCCCCCCCCCCCCCC. The Morgan fingerprint density at radius 3 is 1.33 bits per heavy atom. The van der Waals surface area contributed by atoms with Crippen LogP contribution in [0.15, 0.2) is 12.2 Å². The molecule has 0 aliphatic rings.